The molecule has 0 heterocycles. The molecule has 0 unspecified atom stereocenters. The van der Waals surface area contributed by atoms with E-state index in [0.29, 0.717) is 11.3 Å². The summed E-state index contributed by atoms with van der Waals surface area (Å²) in [6.45, 7) is 1.59. The Hall–Kier alpha value is -2.96. The number of rotatable bonds is 4. The molecule has 0 aliphatic carbocycles. The minimum Gasteiger partial charge on any atom is -0.497 e. The molecule has 0 fully saturated rings. The number of amides is 1. The second kappa shape index (κ2) is 6.21. The fourth-order valence-electron chi connectivity index (χ4n) is 1.85. The highest BCUT2D eigenvalue weighted by Crippen LogP contribution is 2.25. The van der Waals surface area contributed by atoms with E-state index in [0.717, 1.165) is 6.07 Å². The lowest BCUT2D eigenvalue weighted by Crippen LogP contribution is -2.14. The number of aryl methyl sites for hydroxylation is 1. The summed E-state index contributed by atoms with van der Waals surface area (Å²) in [5.74, 6) is -0.877. The second-order valence-corrected chi connectivity index (χ2v) is 4.56. The summed E-state index contributed by atoms with van der Waals surface area (Å²) in [5, 5.41) is 13.4. The first kappa shape index (κ1) is 15.4. The fourth-order valence-corrected chi connectivity index (χ4v) is 1.85. The third-order valence-corrected chi connectivity index (χ3v) is 3.07. The van der Waals surface area contributed by atoms with Crippen molar-refractivity contribution in [2.75, 3.05) is 12.4 Å². The summed E-state index contributed by atoms with van der Waals surface area (Å²) in [5.41, 5.74) is 0.131. The molecule has 0 aliphatic heterocycles. The summed E-state index contributed by atoms with van der Waals surface area (Å²) in [7, 11) is 1.39. The van der Waals surface area contributed by atoms with E-state index in [1.165, 1.54) is 37.4 Å². The summed E-state index contributed by atoms with van der Waals surface area (Å²) in [4.78, 5) is 22.5. The van der Waals surface area contributed by atoms with E-state index in [-0.39, 0.29) is 16.9 Å². The van der Waals surface area contributed by atoms with E-state index < -0.39 is 16.6 Å². The van der Waals surface area contributed by atoms with Crippen LogP contribution >= 0.6 is 0 Å². The van der Waals surface area contributed by atoms with Crippen molar-refractivity contribution in [1.82, 2.24) is 0 Å². The zero-order valence-corrected chi connectivity index (χ0v) is 11.9. The molecular weight excluding hydrogens is 291 g/mol. The fraction of sp³-hybridized carbons (Fsp3) is 0.133. The highest BCUT2D eigenvalue weighted by Gasteiger charge is 2.21. The van der Waals surface area contributed by atoms with Crippen LogP contribution in [0, 0.1) is 22.9 Å². The van der Waals surface area contributed by atoms with E-state index in [1.807, 2.05) is 0 Å². The highest BCUT2D eigenvalue weighted by atomic mass is 19.1. The molecule has 0 aliphatic rings. The SMILES string of the molecule is COc1ccc([N+](=O)[O-])c(C(=O)Nc2ccc(C)c(F)c2)c1. The lowest BCUT2D eigenvalue weighted by molar-refractivity contribution is -0.385. The molecule has 22 heavy (non-hydrogen) atoms. The van der Waals surface area contributed by atoms with Crippen LogP contribution in [0.1, 0.15) is 15.9 Å². The van der Waals surface area contributed by atoms with Crippen molar-refractivity contribution in [2.24, 2.45) is 0 Å². The van der Waals surface area contributed by atoms with Crippen LogP contribution in [0.15, 0.2) is 36.4 Å². The molecule has 0 saturated carbocycles. The van der Waals surface area contributed by atoms with Crippen LogP contribution in [0.5, 0.6) is 5.75 Å². The Morgan fingerprint density at radius 3 is 2.59 bits per heavy atom. The number of anilines is 1. The van der Waals surface area contributed by atoms with Crippen molar-refractivity contribution in [3.05, 3.63) is 63.5 Å². The third kappa shape index (κ3) is 3.20. The second-order valence-electron chi connectivity index (χ2n) is 4.56. The Morgan fingerprint density at radius 1 is 1.27 bits per heavy atom. The Bertz CT molecular complexity index is 746. The lowest BCUT2D eigenvalue weighted by Gasteiger charge is -2.08. The van der Waals surface area contributed by atoms with Crippen LogP contribution in [-0.2, 0) is 0 Å². The van der Waals surface area contributed by atoms with Gasteiger partial charge in [0.2, 0.25) is 0 Å². The number of hydrogen-bond donors (Lipinski definition) is 1. The van der Waals surface area contributed by atoms with Gasteiger partial charge in [0.25, 0.3) is 11.6 Å². The van der Waals surface area contributed by atoms with Gasteiger partial charge in [-0.15, -0.1) is 0 Å². The predicted molar refractivity (Wildman–Crippen MR) is 78.7 cm³/mol. The first-order valence-corrected chi connectivity index (χ1v) is 6.32. The number of nitro benzene ring substituents is 1. The van der Waals surface area contributed by atoms with Gasteiger partial charge in [-0.3, -0.25) is 14.9 Å². The molecule has 0 aromatic heterocycles. The number of carbonyl (C=O) groups is 1. The predicted octanol–water partition coefficient (Wildman–Crippen LogP) is 3.30. The Morgan fingerprint density at radius 2 is 2.00 bits per heavy atom. The molecule has 0 radical (unpaired) electrons. The Kier molecular flexibility index (Phi) is 4.36. The molecule has 0 atom stereocenters. The standard InChI is InChI=1S/C15H13FN2O4/c1-9-3-4-10(7-13(9)16)17-15(19)12-8-11(22-2)5-6-14(12)18(20)21/h3-8H,1-2H3,(H,17,19). The van der Waals surface area contributed by atoms with E-state index in [2.05, 4.69) is 5.32 Å². The van der Waals surface area contributed by atoms with Crippen molar-refractivity contribution < 1.29 is 18.8 Å². The molecule has 1 N–H and O–H groups in total. The van der Waals surface area contributed by atoms with Crippen LogP contribution < -0.4 is 10.1 Å². The molecule has 2 rings (SSSR count). The van der Waals surface area contributed by atoms with Gasteiger partial charge in [0, 0.05) is 11.8 Å². The van der Waals surface area contributed by atoms with Crippen LogP contribution in [0.2, 0.25) is 0 Å². The van der Waals surface area contributed by atoms with Gasteiger partial charge in [0.05, 0.1) is 12.0 Å². The molecule has 2 aromatic rings. The number of nitro groups is 1. The average molecular weight is 304 g/mol. The normalized spacial score (nSPS) is 10.1. The molecule has 0 spiro atoms. The number of hydrogen-bond acceptors (Lipinski definition) is 4. The molecule has 0 saturated heterocycles. The van der Waals surface area contributed by atoms with Gasteiger partial charge in [-0.2, -0.15) is 0 Å². The number of methoxy groups -OCH3 is 1. The van der Waals surface area contributed by atoms with Gasteiger partial charge in [0.1, 0.15) is 17.1 Å². The monoisotopic (exact) mass is 304 g/mol. The van der Waals surface area contributed by atoms with Crippen molar-refractivity contribution in [3.8, 4) is 5.75 Å². The Labute approximate surface area is 125 Å². The quantitative estimate of drug-likeness (QED) is 0.694. The lowest BCUT2D eigenvalue weighted by atomic mass is 10.1. The molecule has 6 nitrogen and oxygen atoms in total. The number of carbonyl (C=O) groups excluding carboxylic acids is 1. The summed E-state index contributed by atoms with van der Waals surface area (Å²) in [6.07, 6.45) is 0. The molecular formula is C15H13FN2O4. The summed E-state index contributed by atoms with van der Waals surface area (Å²) < 4.78 is 18.4. The van der Waals surface area contributed by atoms with Crippen LogP contribution in [0.4, 0.5) is 15.8 Å². The number of ether oxygens (including phenoxy) is 1. The average Bonchev–Trinajstić information content (AvgIpc) is 2.50. The number of benzene rings is 2. The number of halogens is 1. The molecule has 0 bridgehead atoms. The van der Waals surface area contributed by atoms with Crippen LogP contribution in [0.3, 0.4) is 0 Å². The van der Waals surface area contributed by atoms with E-state index in [1.54, 1.807) is 6.92 Å². The molecule has 2 aromatic carbocycles. The van der Waals surface area contributed by atoms with Crippen LogP contribution in [-0.4, -0.2) is 17.9 Å². The van der Waals surface area contributed by atoms with Crippen molar-refractivity contribution in [1.29, 1.82) is 0 Å². The van der Waals surface area contributed by atoms with Gasteiger partial charge in [0.15, 0.2) is 0 Å². The van der Waals surface area contributed by atoms with E-state index in [9.17, 15) is 19.3 Å². The van der Waals surface area contributed by atoms with Crippen molar-refractivity contribution in [3.63, 3.8) is 0 Å². The Balaban J connectivity index is 2.35. The van der Waals surface area contributed by atoms with E-state index >= 15 is 0 Å². The molecule has 7 heteroatoms. The topological polar surface area (TPSA) is 81.5 Å². The third-order valence-electron chi connectivity index (χ3n) is 3.07. The molecule has 114 valence electrons. The van der Waals surface area contributed by atoms with E-state index in [4.69, 9.17) is 4.74 Å². The molecule has 1 amide bonds. The van der Waals surface area contributed by atoms with Gasteiger partial charge >= 0.3 is 0 Å². The van der Waals surface area contributed by atoms with Gasteiger partial charge < -0.3 is 10.1 Å². The zero-order chi connectivity index (χ0) is 16.3. The van der Waals surface area contributed by atoms with Gasteiger partial charge in [-0.05, 0) is 36.8 Å². The van der Waals surface area contributed by atoms with Gasteiger partial charge in [-0.25, -0.2) is 4.39 Å². The minimum atomic E-state index is -0.714. The maximum Gasteiger partial charge on any atom is 0.282 e. The number of nitrogens with zero attached hydrogens (tertiary/aromatic N) is 1. The largest absolute Gasteiger partial charge is 0.497 e. The first-order valence-electron chi connectivity index (χ1n) is 6.32. The van der Waals surface area contributed by atoms with Crippen molar-refractivity contribution >= 4 is 17.3 Å². The van der Waals surface area contributed by atoms with Crippen LogP contribution in [0.25, 0.3) is 0 Å². The minimum absolute atomic E-state index is 0.162. The first-order chi connectivity index (χ1) is 10.4. The highest BCUT2D eigenvalue weighted by molar-refractivity contribution is 6.07. The maximum absolute atomic E-state index is 13.5. The number of nitrogens with one attached hydrogen (secondary N) is 1. The van der Waals surface area contributed by atoms with Crippen molar-refractivity contribution in [2.45, 2.75) is 6.92 Å². The smallest absolute Gasteiger partial charge is 0.282 e. The zero-order valence-electron chi connectivity index (χ0n) is 11.9. The maximum atomic E-state index is 13.5. The summed E-state index contributed by atoms with van der Waals surface area (Å²) >= 11 is 0. The summed E-state index contributed by atoms with van der Waals surface area (Å²) in [6, 6.07) is 8.01. The van der Waals surface area contributed by atoms with Gasteiger partial charge in [-0.1, -0.05) is 6.07 Å².